The molecule has 1 aromatic heterocycles. The van der Waals surface area contributed by atoms with Gasteiger partial charge >= 0.3 is 5.97 Å². The number of carbonyl (C=O) groups is 2. The van der Waals surface area contributed by atoms with E-state index in [2.05, 4.69) is 0 Å². The van der Waals surface area contributed by atoms with Crippen molar-refractivity contribution in [3.8, 4) is 0 Å². The number of rotatable bonds is 2. The molecule has 1 aromatic rings. The van der Waals surface area contributed by atoms with Crippen LogP contribution in [0.2, 0.25) is 0 Å². The second-order valence-electron chi connectivity index (χ2n) is 4.39. The lowest BCUT2D eigenvalue weighted by Gasteiger charge is -2.45. The molecule has 0 aromatic carbocycles. The number of furan rings is 1. The van der Waals surface area contributed by atoms with Gasteiger partial charge in [0.2, 0.25) is 0 Å². The summed E-state index contributed by atoms with van der Waals surface area (Å²) in [6.45, 7) is 1.74. The van der Waals surface area contributed by atoms with Crippen molar-refractivity contribution in [1.82, 2.24) is 4.90 Å². The minimum atomic E-state index is -1.05. The fourth-order valence-electron chi connectivity index (χ4n) is 2.23. The van der Waals surface area contributed by atoms with Gasteiger partial charge in [0.1, 0.15) is 16.8 Å². The molecule has 3 rings (SSSR count). The van der Waals surface area contributed by atoms with E-state index in [0.717, 1.165) is 5.57 Å². The van der Waals surface area contributed by atoms with Gasteiger partial charge in [0, 0.05) is 5.75 Å². The molecule has 0 spiro atoms. The van der Waals surface area contributed by atoms with Gasteiger partial charge < -0.3 is 9.52 Å². The van der Waals surface area contributed by atoms with Gasteiger partial charge in [0.25, 0.3) is 5.91 Å². The smallest absolute Gasteiger partial charge is 0.352 e. The van der Waals surface area contributed by atoms with Crippen LogP contribution in [0.1, 0.15) is 12.7 Å². The topological polar surface area (TPSA) is 70.8 Å². The summed E-state index contributed by atoms with van der Waals surface area (Å²) in [7, 11) is 0. The maximum atomic E-state index is 12.1. The van der Waals surface area contributed by atoms with Crippen LogP contribution in [-0.4, -0.2) is 33.0 Å². The Kier molecular flexibility index (Phi) is 2.74. The van der Waals surface area contributed by atoms with E-state index in [1.54, 1.807) is 36.9 Å². The zero-order valence-electron chi connectivity index (χ0n) is 10.1. The SMILES string of the molecule is CC1=C(C(=O)O)N2C(=O)C(=Cc3ccco3)[C@H]2SC1. The third-order valence-electron chi connectivity index (χ3n) is 3.11. The molecule has 2 aliphatic heterocycles. The van der Waals surface area contributed by atoms with Crippen LogP contribution in [0.15, 0.2) is 39.7 Å². The molecule has 19 heavy (non-hydrogen) atoms. The standard InChI is InChI=1S/C13H11NO4S/c1-7-6-19-12-9(5-8-3-2-4-18-8)11(15)14(12)10(7)13(16)17/h2-5,12H,6H2,1H3,(H,16,17)/t12-/m1/s1. The van der Waals surface area contributed by atoms with Crippen LogP contribution in [0.5, 0.6) is 0 Å². The Labute approximate surface area is 113 Å². The third kappa shape index (κ3) is 1.79. The number of amides is 1. The highest BCUT2D eigenvalue weighted by Gasteiger charge is 2.49. The number of hydrogen-bond donors (Lipinski definition) is 1. The number of hydrogen-bond acceptors (Lipinski definition) is 4. The van der Waals surface area contributed by atoms with E-state index in [4.69, 9.17) is 4.42 Å². The molecule has 98 valence electrons. The van der Waals surface area contributed by atoms with Crippen molar-refractivity contribution >= 4 is 29.7 Å². The summed E-state index contributed by atoms with van der Waals surface area (Å²) in [5, 5.41) is 8.98. The first-order valence-corrected chi connectivity index (χ1v) is 6.78. The predicted octanol–water partition coefficient (Wildman–Crippen LogP) is 1.94. The fraction of sp³-hybridized carbons (Fsp3) is 0.231. The quantitative estimate of drug-likeness (QED) is 0.660. The highest BCUT2D eigenvalue weighted by molar-refractivity contribution is 8.00. The second-order valence-corrected chi connectivity index (χ2v) is 5.46. The summed E-state index contributed by atoms with van der Waals surface area (Å²) < 4.78 is 5.18. The van der Waals surface area contributed by atoms with Crippen molar-refractivity contribution in [2.45, 2.75) is 12.3 Å². The summed E-state index contributed by atoms with van der Waals surface area (Å²) >= 11 is 1.55. The lowest BCUT2D eigenvalue weighted by molar-refractivity contribution is -0.141. The number of nitrogens with zero attached hydrogens (tertiary/aromatic N) is 1. The predicted molar refractivity (Wildman–Crippen MR) is 70.1 cm³/mol. The molecule has 0 radical (unpaired) electrons. The van der Waals surface area contributed by atoms with E-state index in [0.29, 0.717) is 17.1 Å². The van der Waals surface area contributed by atoms with E-state index in [-0.39, 0.29) is 17.0 Å². The Morgan fingerprint density at radius 2 is 2.42 bits per heavy atom. The Bertz CT molecular complexity index is 615. The number of thioether (sulfide) groups is 1. The van der Waals surface area contributed by atoms with Gasteiger partial charge in [-0.05, 0) is 30.7 Å². The molecular weight excluding hydrogens is 266 g/mol. The van der Waals surface area contributed by atoms with Gasteiger partial charge in [0.05, 0.1) is 11.8 Å². The van der Waals surface area contributed by atoms with Gasteiger partial charge in [-0.3, -0.25) is 9.69 Å². The molecule has 1 amide bonds. The van der Waals surface area contributed by atoms with Gasteiger partial charge in [-0.2, -0.15) is 0 Å². The minimum Gasteiger partial charge on any atom is -0.477 e. The molecule has 1 saturated heterocycles. The number of carboxylic acid groups (broad SMARTS) is 1. The first-order valence-electron chi connectivity index (χ1n) is 5.73. The van der Waals surface area contributed by atoms with Crippen LogP contribution in [-0.2, 0) is 9.59 Å². The molecule has 0 aliphatic carbocycles. The van der Waals surface area contributed by atoms with Crippen LogP contribution in [0.3, 0.4) is 0 Å². The molecule has 1 atom stereocenters. The van der Waals surface area contributed by atoms with Crippen LogP contribution >= 0.6 is 11.8 Å². The van der Waals surface area contributed by atoms with Crippen molar-refractivity contribution in [1.29, 1.82) is 0 Å². The Hall–Kier alpha value is -1.95. The Balaban J connectivity index is 1.94. The average Bonchev–Trinajstić information content (AvgIpc) is 2.88. The van der Waals surface area contributed by atoms with E-state index in [1.807, 2.05) is 0 Å². The minimum absolute atomic E-state index is 0.116. The lowest BCUT2D eigenvalue weighted by atomic mass is 10.0. The van der Waals surface area contributed by atoms with Crippen molar-refractivity contribution < 1.29 is 19.1 Å². The van der Waals surface area contributed by atoms with Crippen LogP contribution in [0.4, 0.5) is 0 Å². The first-order chi connectivity index (χ1) is 9.09. The monoisotopic (exact) mass is 277 g/mol. The average molecular weight is 277 g/mol. The molecule has 6 heteroatoms. The van der Waals surface area contributed by atoms with Crippen molar-refractivity contribution in [2.24, 2.45) is 0 Å². The van der Waals surface area contributed by atoms with E-state index in [1.165, 1.54) is 11.2 Å². The number of fused-ring (bicyclic) bond motifs is 1. The van der Waals surface area contributed by atoms with Gasteiger partial charge in [-0.1, -0.05) is 0 Å². The second kappa shape index (κ2) is 4.31. The molecule has 3 heterocycles. The van der Waals surface area contributed by atoms with Gasteiger partial charge in [0.15, 0.2) is 0 Å². The number of aliphatic carboxylic acids is 1. The molecule has 0 unspecified atom stereocenters. The van der Waals surface area contributed by atoms with E-state index < -0.39 is 5.97 Å². The van der Waals surface area contributed by atoms with Crippen molar-refractivity contribution in [3.05, 3.63) is 41.0 Å². The summed E-state index contributed by atoms with van der Waals surface area (Å²) in [5.41, 5.74) is 1.43. The fourth-order valence-corrected chi connectivity index (χ4v) is 3.47. The zero-order chi connectivity index (χ0) is 13.6. The molecule has 1 fully saturated rings. The molecule has 1 N–H and O–H groups in total. The third-order valence-corrected chi connectivity index (χ3v) is 4.49. The van der Waals surface area contributed by atoms with Crippen LogP contribution in [0, 0.1) is 0 Å². The van der Waals surface area contributed by atoms with Gasteiger partial charge in [-0.25, -0.2) is 4.79 Å². The number of carbonyl (C=O) groups excluding carboxylic acids is 1. The molecular formula is C13H11NO4S. The lowest BCUT2D eigenvalue weighted by Crippen LogP contribution is -2.55. The molecule has 2 aliphatic rings. The molecule has 0 saturated carbocycles. The Morgan fingerprint density at radius 1 is 1.63 bits per heavy atom. The highest BCUT2D eigenvalue weighted by Crippen LogP contribution is 2.43. The molecule has 0 bridgehead atoms. The maximum Gasteiger partial charge on any atom is 0.352 e. The molecule has 5 nitrogen and oxygen atoms in total. The van der Waals surface area contributed by atoms with Crippen molar-refractivity contribution in [2.75, 3.05) is 5.75 Å². The summed E-state index contributed by atoms with van der Waals surface area (Å²) in [6.07, 6.45) is 3.21. The van der Waals surface area contributed by atoms with Crippen LogP contribution in [0.25, 0.3) is 6.08 Å². The normalized spacial score (nSPS) is 24.5. The summed E-state index contributed by atoms with van der Waals surface area (Å²) in [6, 6.07) is 3.50. The number of β-lactam (4-membered cyclic amide) rings is 1. The zero-order valence-corrected chi connectivity index (χ0v) is 10.9. The van der Waals surface area contributed by atoms with Gasteiger partial charge in [-0.15, -0.1) is 11.8 Å². The largest absolute Gasteiger partial charge is 0.477 e. The number of carboxylic acids is 1. The summed E-state index contributed by atoms with van der Waals surface area (Å²) in [5.74, 6) is -0.0868. The van der Waals surface area contributed by atoms with E-state index >= 15 is 0 Å². The van der Waals surface area contributed by atoms with Crippen LogP contribution < -0.4 is 0 Å². The highest BCUT2D eigenvalue weighted by atomic mass is 32.2. The summed E-state index contributed by atoms with van der Waals surface area (Å²) in [4.78, 5) is 24.7. The maximum absolute atomic E-state index is 12.1. The Morgan fingerprint density at radius 3 is 3.05 bits per heavy atom. The van der Waals surface area contributed by atoms with Crippen molar-refractivity contribution in [3.63, 3.8) is 0 Å². The first kappa shape index (κ1) is 12.1. The van der Waals surface area contributed by atoms with E-state index in [9.17, 15) is 14.7 Å².